The Hall–Kier alpha value is -3.66. The van der Waals surface area contributed by atoms with Crippen LogP contribution in [0.3, 0.4) is 0 Å². The molecular formula is C20H17FN2O4. The van der Waals surface area contributed by atoms with E-state index < -0.39 is 24.3 Å². The van der Waals surface area contributed by atoms with E-state index in [1.807, 2.05) is 6.07 Å². The van der Waals surface area contributed by atoms with E-state index in [1.54, 1.807) is 36.4 Å². The molecule has 0 bridgehead atoms. The quantitative estimate of drug-likeness (QED) is 0.426. The molecule has 138 valence electrons. The molecule has 1 amide bonds. The fourth-order valence-corrected chi connectivity index (χ4v) is 2.21. The van der Waals surface area contributed by atoms with Gasteiger partial charge in [-0.05, 0) is 35.9 Å². The highest BCUT2D eigenvalue weighted by atomic mass is 19.1. The number of hydrogen-bond donors (Lipinski definition) is 0. The van der Waals surface area contributed by atoms with E-state index >= 15 is 0 Å². The Bertz CT molecular complexity index is 875. The zero-order valence-electron chi connectivity index (χ0n) is 14.6. The van der Waals surface area contributed by atoms with Crippen molar-refractivity contribution in [2.45, 2.75) is 0 Å². The Morgan fingerprint density at radius 3 is 2.59 bits per heavy atom. The molecule has 6 nitrogen and oxygen atoms in total. The summed E-state index contributed by atoms with van der Waals surface area (Å²) in [6, 6.07) is 14.7. The molecule has 7 heteroatoms. The van der Waals surface area contributed by atoms with Crippen molar-refractivity contribution in [3.63, 3.8) is 0 Å². The molecule has 0 fully saturated rings. The lowest BCUT2D eigenvalue weighted by Gasteiger charge is -2.19. The third-order valence-corrected chi connectivity index (χ3v) is 3.52. The number of hydrogen-bond acceptors (Lipinski definition) is 5. The maximum Gasteiger partial charge on any atom is 0.331 e. The highest BCUT2D eigenvalue weighted by molar-refractivity contribution is 5.96. The molecule has 0 unspecified atom stereocenters. The van der Waals surface area contributed by atoms with Crippen LogP contribution in [0.15, 0.2) is 54.6 Å². The van der Waals surface area contributed by atoms with Gasteiger partial charge in [-0.15, -0.1) is 0 Å². The van der Waals surface area contributed by atoms with Crippen LogP contribution in [0, 0.1) is 17.1 Å². The number of carbonyl (C=O) groups excluding carboxylic acids is 2. The molecule has 0 aliphatic heterocycles. The fourth-order valence-electron chi connectivity index (χ4n) is 2.21. The summed E-state index contributed by atoms with van der Waals surface area (Å²) < 4.78 is 23.3. The monoisotopic (exact) mass is 368 g/mol. The first-order valence-corrected chi connectivity index (χ1v) is 7.96. The van der Waals surface area contributed by atoms with Crippen molar-refractivity contribution >= 4 is 23.6 Å². The second kappa shape index (κ2) is 9.73. The van der Waals surface area contributed by atoms with Gasteiger partial charge in [0.2, 0.25) is 0 Å². The zero-order valence-corrected chi connectivity index (χ0v) is 14.6. The van der Waals surface area contributed by atoms with Crippen molar-refractivity contribution < 1.29 is 23.5 Å². The number of rotatable bonds is 7. The number of anilines is 1. The molecule has 0 saturated carbocycles. The van der Waals surface area contributed by atoms with E-state index in [0.717, 1.165) is 6.08 Å². The van der Waals surface area contributed by atoms with E-state index in [0.29, 0.717) is 11.3 Å². The van der Waals surface area contributed by atoms with E-state index in [9.17, 15) is 14.0 Å². The van der Waals surface area contributed by atoms with Crippen LogP contribution in [0.25, 0.3) is 6.08 Å². The molecule has 0 N–H and O–H groups in total. The summed E-state index contributed by atoms with van der Waals surface area (Å²) in [4.78, 5) is 25.2. The third kappa shape index (κ3) is 5.68. The van der Waals surface area contributed by atoms with Gasteiger partial charge in [0, 0.05) is 11.8 Å². The second-order valence-corrected chi connectivity index (χ2v) is 5.31. The minimum absolute atomic E-state index is 0.0961. The van der Waals surface area contributed by atoms with E-state index in [1.165, 1.54) is 30.2 Å². The minimum Gasteiger partial charge on any atom is -0.494 e. The Labute approximate surface area is 156 Å². The number of carbonyl (C=O) groups is 2. The lowest BCUT2D eigenvalue weighted by Crippen LogP contribution is -2.34. The number of benzene rings is 2. The Balaban J connectivity index is 1.94. The largest absolute Gasteiger partial charge is 0.494 e. The Kier molecular flexibility index (Phi) is 7.08. The average Bonchev–Trinajstić information content (AvgIpc) is 2.69. The predicted molar refractivity (Wildman–Crippen MR) is 97.4 cm³/mol. The van der Waals surface area contributed by atoms with Crippen LogP contribution in [0.5, 0.6) is 5.75 Å². The lowest BCUT2D eigenvalue weighted by atomic mass is 10.2. The molecule has 0 radical (unpaired) electrons. The number of nitrogens with zero attached hydrogens (tertiary/aromatic N) is 2. The smallest absolute Gasteiger partial charge is 0.331 e. The van der Waals surface area contributed by atoms with Crippen molar-refractivity contribution in [1.29, 1.82) is 5.26 Å². The molecule has 0 saturated heterocycles. The van der Waals surface area contributed by atoms with Crippen LogP contribution in [-0.4, -0.2) is 32.1 Å². The summed E-state index contributed by atoms with van der Waals surface area (Å²) >= 11 is 0. The van der Waals surface area contributed by atoms with Crippen LogP contribution < -0.4 is 9.64 Å². The number of para-hydroxylation sites is 1. The molecule has 2 aromatic rings. The molecule has 2 aromatic carbocycles. The number of amides is 1. The third-order valence-electron chi connectivity index (χ3n) is 3.52. The van der Waals surface area contributed by atoms with E-state index in [-0.39, 0.29) is 12.3 Å². The summed E-state index contributed by atoms with van der Waals surface area (Å²) in [6.07, 6.45) is 2.45. The summed E-state index contributed by atoms with van der Waals surface area (Å²) in [5.74, 6) is -1.75. The molecule has 0 aliphatic carbocycles. The van der Waals surface area contributed by atoms with Crippen molar-refractivity contribution in [2.24, 2.45) is 0 Å². The number of esters is 1. The van der Waals surface area contributed by atoms with Gasteiger partial charge in [0.05, 0.1) is 13.2 Å². The van der Waals surface area contributed by atoms with Gasteiger partial charge in [0.1, 0.15) is 6.54 Å². The molecule has 0 spiro atoms. The molecule has 0 heterocycles. The molecular weight excluding hydrogens is 351 g/mol. The first-order chi connectivity index (χ1) is 13.0. The van der Waals surface area contributed by atoms with Crippen LogP contribution in [0.4, 0.5) is 10.1 Å². The van der Waals surface area contributed by atoms with Crippen molar-refractivity contribution in [3.8, 4) is 11.8 Å². The van der Waals surface area contributed by atoms with Gasteiger partial charge in [-0.25, -0.2) is 9.18 Å². The molecule has 2 rings (SSSR count). The number of halogens is 1. The van der Waals surface area contributed by atoms with Crippen molar-refractivity contribution in [2.75, 3.05) is 25.2 Å². The normalized spacial score (nSPS) is 10.3. The lowest BCUT2D eigenvalue weighted by molar-refractivity contribution is -0.142. The van der Waals surface area contributed by atoms with Gasteiger partial charge >= 0.3 is 5.97 Å². The highest BCUT2D eigenvalue weighted by Crippen LogP contribution is 2.18. The zero-order chi connectivity index (χ0) is 19.6. The summed E-state index contributed by atoms with van der Waals surface area (Å²) in [7, 11) is 1.35. The summed E-state index contributed by atoms with van der Waals surface area (Å²) in [5.41, 5.74) is 0.969. The second-order valence-electron chi connectivity index (χ2n) is 5.31. The average molecular weight is 368 g/mol. The van der Waals surface area contributed by atoms with Crippen LogP contribution in [-0.2, 0) is 14.3 Å². The summed E-state index contributed by atoms with van der Waals surface area (Å²) in [5, 5.41) is 8.89. The van der Waals surface area contributed by atoms with E-state index in [4.69, 9.17) is 14.7 Å². The van der Waals surface area contributed by atoms with Gasteiger partial charge in [0.15, 0.2) is 18.2 Å². The number of nitriles is 1. The van der Waals surface area contributed by atoms with Crippen LogP contribution in [0.2, 0.25) is 0 Å². The Morgan fingerprint density at radius 1 is 1.22 bits per heavy atom. The highest BCUT2D eigenvalue weighted by Gasteiger charge is 2.16. The predicted octanol–water partition coefficient (Wildman–Crippen LogP) is 2.95. The van der Waals surface area contributed by atoms with Crippen molar-refractivity contribution in [3.05, 3.63) is 66.0 Å². The van der Waals surface area contributed by atoms with Gasteiger partial charge in [-0.3, -0.25) is 9.69 Å². The molecule has 27 heavy (non-hydrogen) atoms. The van der Waals surface area contributed by atoms with Gasteiger partial charge < -0.3 is 9.47 Å². The maximum absolute atomic E-state index is 13.6. The standard InChI is InChI=1S/C20H17FN2O4/c1-26-18-9-7-15(13-17(18)21)8-10-20(25)27-14-19(24)23(12-11-22)16-5-3-2-4-6-16/h2-10,13H,12,14H2,1H3/b10-8+. The number of methoxy groups -OCH3 is 1. The number of ether oxygens (including phenoxy) is 2. The van der Waals surface area contributed by atoms with Crippen molar-refractivity contribution in [1.82, 2.24) is 0 Å². The molecule has 0 atom stereocenters. The minimum atomic E-state index is -0.760. The first kappa shape index (κ1) is 19.7. The Morgan fingerprint density at radius 2 is 1.96 bits per heavy atom. The fraction of sp³-hybridized carbons (Fsp3) is 0.150. The maximum atomic E-state index is 13.6. The topological polar surface area (TPSA) is 79.6 Å². The first-order valence-electron chi connectivity index (χ1n) is 7.96. The van der Waals surface area contributed by atoms with Gasteiger partial charge in [0.25, 0.3) is 5.91 Å². The SMILES string of the molecule is COc1ccc(/C=C/C(=O)OCC(=O)N(CC#N)c2ccccc2)cc1F. The van der Waals surface area contributed by atoms with Crippen LogP contribution in [0.1, 0.15) is 5.56 Å². The van der Waals surface area contributed by atoms with E-state index in [2.05, 4.69) is 0 Å². The van der Waals surface area contributed by atoms with Gasteiger partial charge in [-0.2, -0.15) is 5.26 Å². The molecule has 0 aliphatic rings. The summed E-state index contributed by atoms with van der Waals surface area (Å²) in [6.45, 7) is -0.682. The van der Waals surface area contributed by atoms with Gasteiger partial charge in [-0.1, -0.05) is 24.3 Å². The van der Waals surface area contributed by atoms with Crippen LogP contribution >= 0.6 is 0 Å². The molecule has 0 aromatic heterocycles.